The minimum Gasteiger partial charge on any atom is -0.399 e. The van der Waals surface area contributed by atoms with E-state index in [1.54, 1.807) is 15.8 Å². The van der Waals surface area contributed by atoms with Crippen LogP contribution in [0, 0.1) is 0 Å². The predicted molar refractivity (Wildman–Crippen MR) is 102 cm³/mol. The van der Waals surface area contributed by atoms with E-state index >= 15 is 0 Å². The van der Waals surface area contributed by atoms with E-state index < -0.39 is 24.4 Å². The Morgan fingerprint density at radius 2 is 1.81 bits per heavy atom. The van der Waals surface area contributed by atoms with Crippen molar-refractivity contribution in [2.75, 3.05) is 11.4 Å². The van der Waals surface area contributed by atoms with Gasteiger partial charge in [0, 0.05) is 25.4 Å². The lowest BCUT2D eigenvalue weighted by atomic mass is 9.77. The molecule has 3 amide bonds. The largest absolute Gasteiger partial charge is 0.495 e. The first-order valence-electron chi connectivity index (χ1n) is 9.02. The van der Waals surface area contributed by atoms with Crippen LogP contribution in [0.1, 0.15) is 34.1 Å². The molecule has 2 fully saturated rings. The molecule has 3 heterocycles. The highest BCUT2D eigenvalue weighted by molar-refractivity contribution is 6.65. The summed E-state index contributed by atoms with van der Waals surface area (Å²) < 4.78 is 14.1. The smallest absolute Gasteiger partial charge is 0.399 e. The summed E-state index contributed by atoms with van der Waals surface area (Å²) in [7, 11) is 1.31. The number of hydrogen-bond donors (Lipinski definition) is 1. The Hall–Kier alpha value is -2.39. The Bertz CT molecular complexity index is 936. The molecule has 8 nitrogen and oxygen atoms in total. The molecule has 142 valence electrons. The van der Waals surface area contributed by atoms with Crippen molar-refractivity contribution >= 4 is 41.1 Å². The Labute approximate surface area is 157 Å². The molecule has 0 saturated carbocycles. The zero-order valence-corrected chi connectivity index (χ0v) is 16.2. The van der Waals surface area contributed by atoms with Crippen molar-refractivity contribution in [2.45, 2.75) is 45.3 Å². The Kier molecular flexibility index (Phi) is 3.87. The van der Waals surface area contributed by atoms with Crippen LogP contribution in [0.2, 0.25) is 0 Å². The van der Waals surface area contributed by atoms with Gasteiger partial charge in [0.15, 0.2) is 0 Å². The van der Waals surface area contributed by atoms with Gasteiger partial charge in [-0.2, -0.15) is 5.10 Å². The molecule has 1 aromatic heterocycles. The first-order valence-corrected chi connectivity index (χ1v) is 9.02. The molecule has 2 aromatic rings. The van der Waals surface area contributed by atoms with Gasteiger partial charge in [-0.1, -0.05) is 6.07 Å². The lowest BCUT2D eigenvalue weighted by Crippen LogP contribution is -2.49. The third-order valence-corrected chi connectivity index (χ3v) is 5.77. The lowest BCUT2D eigenvalue weighted by Gasteiger charge is -2.32. The molecule has 0 radical (unpaired) electrons. The molecule has 2 aliphatic rings. The number of benzene rings is 1. The molecule has 0 spiro atoms. The monoisotopic (exact) mass is 370 g/mol. The van der Waals surface area contributed by atoms with Crippen molar-refractivity contribution in [3.8, 4) is 0 Å². The normalized spacial score (nSPS) is 21.8. The molecule has 1 aromatic carbocycles. The SMILES string of the molecule is Cn1ncc2c(B3OC(C)(C)C(C)(C)O3)ccc(N3CCC(=O)NC3=O)c21. The second-order valence-electron chi connectivity index (χ2n) is 8.05. The van der Waals surface area contributed by atoms with Gasteiger partial charge in [0.25, 0.3) is 0 Å². The maximum absolute atomic E-state index is 12.3. The molecule has 2 saturated heterocycles. The van der Waals surface area contributed by atoms with Gasteiger partial charge in [-0.15, -0.1) is 0 Å². The fraction of sp³-hybridized carbons (Fsp3) is 0.500. The molecule has 0 aliphatic carbocycles. The lowest BCUT2D eigenvalue weighted by molar-refractivity contribution is -0.120. The Morgan fingerprint density at radius 1 is 1.15 bits per heavy atom. The number of nitrogens with one attached hydrogen (secondary N) is 1. The number of urea groups is 1. The average molecular weight is 370 g/mol. The second-order valence-corrected chi connectivity index (χ2v) is 8.05. The standard InChI is InChI=1S/C18H23BN4O4/c1-17(2)18(3,4)27-19(26-17)12-6-7-13(15-11(12)10-20-22(15)5)23-9-8-14(24)21-16(23)25/h6-7,10H,8-9H2,1-5H3,(H,21,24,25). The first kappa shape index (κ1) is 18.0. The quantitative estimate of drug-likeness (QED) is 0.806. The Balaban J connectivity index is 1.79. The summed E-state index contributed by atoms with van der Waals surface area (Å²) in [6.07, 6.45) is 2.02. The summed E-state index contributed by atoms with van der Waals surface area (Å²) in [4.78, 5) is 25.3. The summed E-state index contributed by atoms with van der Waals surface area (Å²) in [5.74, 6) is -0.258. The maximum Gasteiger partial charge on any atom is 0.495 e. The van der Waals surface area contributed by atoms with E-state index in [9.17, 15) is 9.59 Å². The number of imide groups is 1. The van der Waals surface area contributed by atoms with Gasteiger partial charge in [0.1, 0.15) is 0 Å². The molecule has 27 heavy (non-hydrogen) atoms. The van der Waals surface area contributed by atoms with Crippen molar-refractivity contribution in [2.24, 2.45) is 7.05 Å². The van der Waals surface area contributed by atoms with E-state index in [1.807, 2.05) is 46.9 Å². The predicted octanol–water partition coefficient (Wildman–Crippen LogP) is 1.32. The first-order chi connectivity index (χ1) is 12.6. The number of aromatic nitrogens is 2. The van der Waals surface area contributed by atoms with E-state index in [4.69, 9.17) is 9.31 Å². The third-order valence-electron chi connectivity index (χ3n) is 5.77. The van der Waals surface area contributed by atoms with Crippen molar-refractivity contribution in [1.82, 2.24) is 15.1 Å². The van der Waals surface area contributed by atoms with Crippen LogP contribution in [0.4, 0.5) is 10.5 Å². The van der Waals surface area contributed by atoms with Crippen molar-refractivity contribution in [3.05, 3.63) is 18.3 Å². The summed E-state index contributed by atoms with van der Waals surface area (Å²) >= 11 is 0. The molecular weight excluding hydrogens is 347 g/mol. The second kappa shape index (κ2) is 5.80. The topological polar surface area (TPSA) is 85.7 Å². The van der Waals surface area contributed by atoms with E-state index in [2.05, 4.69) is 10.4 Å². The molecular formula is C18H23BN4O4. The van der Waals surface area contributed by atoms with Crippen LogP contribution in [0.25, 0.3) is 10.9 Å². The number of carbonyl (C=O) groups is 2. The summed E-state index contributed by atoms with van der Waals surface area (Å²) in [5.41, 5.74) is 1.48. The van der Waals surface area contributed by atoms with Gasteiger partial charge in [-0.3, -0.25) is 19.7 Å². The number of aryl methyl sites for hydroxylation is 1. The number of hydrogen-bond acceptors (Lipinski definition) is 5. The molecule has 2 aliphatic heterocycles. The van der Waals surface area contributed by atoms with Crippen LogP contribution >= 0.6 is 0 Å². The Morgan fingerprint density at radius 3 is 2.44 bits per heavy atom. The highest BCUT2D eigenvalue weighted by Gasteiger charge is 2.52. The molecule has 1 N–H and O–H groups in total. The molecule has 0 bridgehead atoms. The zero-order valence-electron chi connectivity index (χ0n) is 16.2. The third kappa shape index (κ3) is 2.73. The van der Waals surface area contributed by atoms with E-state index in [0.717, 1.165) is 16.4 Å². The van der Waals surface area contributed by atoms with Gasteiger partial charge in [-0.25, -0.2) is 4.79 Å². The molecule has 0 unspecified atom stereocenters. The van der Waals surface area contributed by atoms with Gasteiger partial charge in [0.2, 0.25) is 5.91 Å². The van der Waals surface area contributed by atoms with Crippen LogP contribution in [-0.2, 0) is 21.2 Å². The van der Waals surface area contributed by atoms with Gasteiger partial charge in [0.05, 0.1) is 28.6 Å². The fourth-order valence-corrected chi connectivity index (χ4v) is 3.48. The molecule has 0 atom stereocenters. The van der Waals surface area contributed by atoms with Crippen LogP contribution in [0.3, 0.4) is 0 Å². The average Bonchev–Trinajstić information content (AvgIpc) is 3.05. The highest BCUT2D eigenvalue weighted by atomic mass is 16.7. The number of carbonyl (C=O) groups excluding carboxylic acids is 2. The number of amides is 3. The zero-order chi connectivity index (χ0) is 19.6. The van der Waals surface area contributed by atoms with Crippen LogP contribution in [0.15, 0.2) is 18.3 Å². The van der Waals surface area contributed by atoms with Gasteiger partial charge in [-0.05, 0) is 39.2 Å². The van der Waals surface area contributed by atoms with E-state index in [1.165, 1.54) is 0 Å². The van der Waals surface area contributed by atoms with E-state index in [0.29, 0.717) is 12.2 Å². The number of nitrogens with zero attached hydrogens (tertiary/aromatic N) is 3. The van der Waals surface area contributed by atoms with Crippen molar-refractivity contribution in [3.63, 3.8) is 0 Å². The van der Waals surface area contributed by atoms with Gasteiger partial charge < -0.3 is 9.31 Å². The maximum atomic E-state index is 12.3. The fourth-order valence-electron chi connectivity index (χ4n) is 3.48. The summed E-state index contributed by atoms with van der Waals surface area (Å²) in [5, 5.41) is 7.60. The minimum atomic E-state index is -0.521. The summed E-state index contributed by atoms with van der Waals surface area (Å²) in [6, 6.07) is 3.35. The summed E-state index contributed by atoms with van der Waals surface area (Å²) in [6.45, 7) is 8.38. The van der Waals surface area contributed by atoms with E-state index in [-0.39, 0.29) is 12.3 Å². The van der Waals surface area contributed by atoms with Crippen molar-refractivity contribution in [1.29, 1.82) is 0 Å². The van der Waals surface area contributed by atoms with Crippen molar-refractivity contribution < 1.29 is 18.9 Å². The molecule has 9 heteroatoms. The van der Waals surface area contributed by atoms with Crippen LogP contribution in [-0.4, -0.2) is 46.6 Å². The minimum absolute atomic E-state index is 0.258. The number of rotatable bonds is 2. The van der Waals surface area contributed by atoms with Gasteiger partial charge >= 0.3 is 13.1 Å². The van der Waals surface area contributed by atoms with Crippen LogP contribution in [0.5, 0.6) is 0 Å². The number of anilines is 1. The number of fused-ring (bicyclic) bond motifs is 1. The van der Waals surface area contributed by atoms with Crippen LogP contribution < -0.4 is 15.7 Å². The highest BCUT2D eigenvalue weighted by Crippen LogP contribution is 2.37. The molecule has 4 rings (SSSR count).